The van der Waals surface area contributed by atoms with Crippen molar-refractivity contribution in [3.63, 3.8) is 0 Å². The van der Waals surface area contributed by atoms with Crippen molar-refractivity contribution in [2.45, 2.75) is 27.2 Å². The van der Waals surface area contributed by atoms with Crippen LogP contribution < -0.4 is 5.56 Å². The number of aromatic amines is 1. The molecule has 0 aromatic carbocycles. The molecule has 7 heteroatoms. The van der Waals surface area contributed by atoms with Crippen LogP contribution >= 0.6 is 0 Å². The molecule has 0 unspecified atom stereocenters. The fraction of sp³-hybridized carbons (Fsp3) is 0.222. The fourth-order valence-corrected chi connectivity index (χ4v) is 3.07. The summed E-state index contributed by atoms with van der Waals surface area (Å²) in [7, 11) is 0. The van der Waals surface area contributed by atoms with E-state index in [1.165, 1.54) is 4.52 Å². The number of pyridine rings is 1. The van der Waals surface area contributed by atoms with E-state index in [0.717, 1.165) is 33.8 Å². The smallest absolute Gasteiger partial charge is 0.276 e. The Morgan fingerprint density at radius 1 is 1.28 bits per heavy atom. The Hall–Kier alpha value is -3.22. The van der Waals surface area contributed by atoms with Gasteiger partial charge in [-0.3, -0.25) is 9.89 Å². The number of H-pyrrole nitrogens is 1. The first-order valence-corrected chi connectivity index (χ1v) is 8.16. The normalized spacial score (nSPS) is 11.3. The third-order valence-corrected chi connectivity index (χ3v) is 4.41. The van der Waals surface area contributed by atoms with Crippen LogP contribution in [0.15, 0.2) is 41.7 Å². The van der Waals surface area contributed by atoms with Crippen molar-refractivity contribution >= 4 is 5.65 Å². The summed E-state index contributed by atoms with van der Waals surface area (Å²) in [6.07, 6.45) is 7.84. The van der Waals surface area contributed by atoms with Gasteiger partial charge >= 0.3 is 0 Å². The van der Waals surface area contributed by atoms with Gasteiger partial charge in [0.25, 0.3) is 5.56 Å². The lowest BCUT2D eigenvalue weighted by atomic mass is 10.1. The molecule has 126 valence electrons. The van der Waals surface area contributed by atoms with Gasteiger partial charge in [0.2, 0.25) is 0 Å². The molecule has 0 bridgehead atoms. The zero-order valence-corrected chi connectivity index (χ0v) is 14.3. The molecule has 4 rings (SSSR count). The summed E-state index contributed by atoms with van der Waals surface area (Å²) in [5.74, 6) is 0.781. The highest BCUT2D eigenvalue weighted by Crippen LogP contribution is 2.24. The maximum Gasteiger partial charge on any atom is 0.276 e. The summed E-state index contributed by atoms with van der Waals surface area (Å²) in [4.78, 5) is 21.6. The highest BCUT2D eigenvalue weighted by atomic mass is 16.1. The molecule has 0 amide bonds. The first kappa shape index (κ1) is 15.3. The summed E-state index contributed by atoms with van der Waals surface area (Å²) in [6, 6.07) is 3.89. The van der Waals surface area contributed by atoms with Gasteiger partial charge in [0.15, 0.2) is 11.5 Å². The number of fused-ring (bicyclic) bond motifs is 1. The molecule has 7 nitrogen and oxygen atoms in total. The van der Waals surface area contributed by atoms with Gasteiger partial charge in [0.05, 0.1) is 6.20 Å². The molecule has 0 saturated heterocycles. The molecular formula is C18H18N6O. The summed E-state index contributed by atoms with van der Waals surface area (Å²) < 4.78 is 3.23. The van der Waals surface area contributed by atoms with Crippen LogP contribution in [-0.2, 0) is 6.42 Å². The minimum Gasteiger partial charge on any atom is -0.296 e. The van der Waals surface area contributed by atoms with Crippen molar-refractivity contribution in [1.82, 2.24) is 29.4 Å². The minimum absolute atomic E-state index is 0.0517. The van der Waals surface area contributed by atoms with Gasteiger partial charge in [-0.2, -0.15) is 5.10 Å². The topological polar surface area (TPSA) is 80.9 Å². The molecule has 1 N–H and O–H groups in total. The third kappa shape index (κ3) is 2.36. The SMILES string of the molecule is CCc1c(C)nc2c(-c3cnn(-c4ncccc4C)c3)c[nH]n2c1=O. The maximum absolute atomic E-state index is 12.6. The van der Waals surface area contributed by atoms with Crippen LogP contribution in [0.25, 0.3) is 22.6 Å². The van der Waals surface area contributed by atoms with E-state index >= 15 is 0 Å². The number of aryl methyl sites for hydroxylation is 2. The molecule has 0 fully saturated rings. The molecule has 25 heavy (non-hydrogen) atoms. The predicted octanol–water partition coefficient (Wildman–Crippen LogP) is 2.45. The summed E-state index contributed by atoms with van der Waals surface area (Å²) >= 11 is 0. The Kier molecular flexibility index (Phi) is 3.49. The second-order valence-corrected chi connectivity index (χ2v) is 6.00. The van der Waals surface area contributed by atoms with Crippen LogP contribution in [-0.4, -0.2) is 29.4 Å². The Morgan fingerprint density at radius 2 is 2.12 bits per heavy atom. The van der Waals surface area contributed by atoms with Crippen molar-refractivity contribution in [2.75, 3.05) is 0 Å². The quantitative estimate of drug-likeness (QED) is 0.624. The van der Waals surface area contributed by atoms with Crippen molar-refractivity contribution in [1.29, 1.82) is 0 Å². The number of aromatic nitrogens is 6. The Bertz CT molecular complexity index is 1130. The third-order valence-electron chi connectivity index (χ3n) is 4.41. The fourth-order valence-electron chi connectivity index (χ4n) is 3.07. The van der Waals surface area contributed by atoms with E-state index in [0.29, 0.717) is 12.1 Å². The van der Waals surface area contributed by atoms with Crippen molar-refractivity contribution in [3.8, 4) is 16.9 Å². The van der Waals surface area contributed by atoms with E-state index in [2.05, 4.69) is 20.2 Å². The first-order chi connectivity index (χ1) is 12.1. The molecule has 0 radical (unpaired) electrons. The standard InChI is InChI=1S/C18H18N6O/c1-4-14-12(3)22-17-15(9-21-24(17)18(14)25)13-8-20-23(10-13)16-11(2)6-5-7-19-16/h5-10,21H,4H2,1-3H3. The molecule has 4 aromatic heterocycles. The van der Waals surface area contributed by atoms with Crippen molar-refractivity contribution in [3.05, 3.63) is 64.1 Å². The highest BCUT2D eigenvalue weighted by Gasteiger charge is 2.15. The molecule has 0 saturated carbocycles. The minimum atomic E-state index is -0.0517. The highest BCUT2D eigenvalue weighted by molar-refractivity contribution is 5.76. The Labute approximate surface area is 144 Å². The van der Waals surface area contributed by atoms with Gasteiger partial charge in [0, 0.05) is 41.0 Å². The number of hydrogen-bond donors (Lipinski definition) is 1. The lowest BCUT2D eigenvalue weighted by Crippen LogP contribution is -2.21. The maximum atomic E-state index is 12.6. The van der Waals surface area contributed by atoms with Crippen molar-refractivity contribution in [2.24, 2.45) is 0 Å². The molecule has 0 aliphatic carbocycles. The lowest BCUT2D eigenvalue weighted by Gasteiger charge is -2.03. The first-order valence-electron chi connectivity index (χ1n) is 8.16. The van der Waals surface area contributed by atoms with E-state index in [1.54, 1.807) is 23.3 Å². The monoisotopic (exact) mass is 334 g/mol. The zero-order chi connectivity index (χ0) is 17.6. The number of nitrogens with zero attached hydrogens (tertiary/aromatic N) is 5. The van der Waals surface area contributed by atoms with Crippen LogP contribution in [0.3, 0.4) is 0 Å². The van der Waals surface area contributed by atoms with E-state index in [4.69, 9.17) is 0 Å². The van der Waals surface area contributed by atoms with Crippen LogP contribution in [0, 0.1) is 13.8 Å². The van der Waals surface area contributed by atoms with Crippen LogP contribution in [0.4, 0.5) is 0 Å². The van der Waals surface area contributed by atoms with Gasteiger partial charge in [-0.25, -0.2) is 19.2 Å². The van der Waals surface area contributed by atoms with Gasteiger partial charge in [-0.05, 0) is 31.9 Å². The van der Waals surface area contributed by atoms with E-state index in [1.807, 2.05) is 39.1 Å². The molecule has 0 atom stereocenters. The average Bonchev–Trinajstić information content (AvgIpc) is 3.22. The molecule has 4 heterocycles. The second kappa shape index (κ2) is 5.70. The van der Waals surface area contributed by atoms with Crippen molar-refractivity contribution < 1.29 is 0 Å². The van der Waals surface area contributed by atoms with Crippen LogP contribution in [0.2, 0.25) is 0 Å². The largest absolute Gasteiger partial charge is 0.296 e. The van der Waals surface area contributed by atoms with Crippen LogP contribution in [0.5, 0.6) is 0 Å². The van der Waals surface area contributed by atoms with E-state index in [-0.39, 0.29) is 5.56 Å². The summed E-state index contributed by atoms with van der Waals surface area (Å²) in [5.41, 5.74) is 4.80. The van der Waals surface area contributed by atoms with E-state index < -0.39 is 0 Å². The van der Waals surface area contributed by atoms with Gasteiger partial charge < -0.3 is 0 Å². The lowest BCUT2D eigenvalue weighted by molar-refractivity contribution is 0.838. The van der Waals surface area contributed by atoms with Gasteiger partial charge in [-0.15, -0.1) is 0 Å². The molecule has 0 aliphatic heterocycles. The molecular weight excluding hydrogens is 316 g/mol. The van der Waals surface area contributed by atoms with Crippen LogP contribution in [0.1, 0.15) is 23.7 Å². The average molecular weight is 334 g/mol. The Balaban J connectivity index is 1.87. The number of rotatable bonds is 3. The van der Waals surface area contributed by atoms with Gasteiger partial charge in [0.1, 0.15) is 0 Å². The molecule has 0 aliphatic rings. The Morgan fingerprint density at radius 3 is 2.88 bits per heavy atom. The number of nitrogens with one attached hydrogen (secondary N) is 1. The molecule has 4 aromatic rings. The predicted molar refractivity (Wildman–Crippen MR) is 95.0 cm³/mol. The second-order valence-electron chi connectivity index (χ2n) is 6.00. The summed E-state index contributed by atoms with van der Waals surface area (Å²) in [5, 5.41) is 7.42. The van der Waals surface area contributed by atoms with E-state index in [9.17, 15) is 4.79 Å². The molecule has 0 spiro atoms. The zero-order valence-electron chi connectivity index (χ0n) is 14.3. The number of hydrogen-bond acceptors (Lipinski definition) is 4. The van der Waals surface area contributed by atoms with Gasteiger partial charge in [-0.1, -0.05) is 13.0 Å². The summed E-state index contributed by atoms with van der Waals surface area (Å²) in [6.45, 7) is 5.82.